The number of carbonyl (C=O) groups is 4. The molecule has 1 N–H and O–H groups in total. The molecule has 1 aromatic carbocycles. The predicted octanol–water partition coefficient (Wildman–Crippen LogP) is 0.970. The lowest BCUT2D eigenvalue weighted by Gasteiger charge is -2.15. The van der Waals surface area contributed by atoms with Crippen LogP contribution in [0.5, 0.6) is 0 Å². The Labute approximate surface area is 176 Å². The maximum absolute atomic E-state index is 12.0. The Bertz CT molecular complexity index is 729. The Morgan fingerprint density at radius 1 is 1.27 bits per heavy atom. The van der Waals surface area contributed by atoms with E-state index in [0.29, 0.717) is 25.1 Å². The van der Waals surface area contributed by atoms with E-state index in [1.165, 1.54) is 4.90 Å². The predicted molar refractivity (Wildman–Crippen MR) is 110 cm³/mol. The van der Waals surface area contributed by atoms with Crippen molar-refractivity contribution in [1.82, 2.24) is 10.2 Å². The monoisotopic (exact) mass is 419 g/mol. The van der Waals surface area contributed by atoms with Gasteiger partial charge in [0.25, 0.3) is 5.91 Å². The number of hydrogen-bond donors (Lipinski definition) is 1. The minimum Gasteiger partial charge on any atom is -0.452 e. The highest BCUT2D eigenvalue weighted by Gasteiger charge is 2.22. The summed E-state index contributed by atoms with van der Waals surface area (Å²) < 4.78 is 10.4. The van der Waals surface area contributed by atoms with E-state index in [1.54, 1.807) is 43.3 Å². The lowest BCUT2D eigenvalue weighted by atomic mass is 10.2. The second-order valence-electron chi connectivity index (χ2n) is 7.28. The molecule has 2 fully saturated rings. The van der Waals surface area contributed by atoms with Crippen LogP contribution in [0.4, 0.5) is 5.69 Å². The molecule has 9 heteroatoms. The number of esters is 1. The molecular weight excluding hydrogens is 390 g/mol. The maximum atomic E-state index is 12.0. The highest BCUT2D eigenvalue weighted by molar-refractivity contribution is 5.96. The van der Waals surface area contributed by atoms with Gasteiger partial charge in [-0.25, -0.2) is 4.79 Å². The van der Waals surface area contributed by atoms with Crippen LogP contribution in [0.1, 0.15) is 36.0 Å². The minimum absolute atomic E-state index is 0.0560. The van der Waals surface area contributed by atoms with Crippen molar-refractivity contribution in [1.29, 1.82) is 0 Å². The van der Waals surface area contributed by atoms with Crippen molar-refractivity contribution in [3.63, 3.8) is 0 Å². The van der Waals surface area contributed by atoms with Crippen molar-refractivity contribution in [2.75, 3.05) is 45.3 Å². The average molecular weight is 419 g/mol. The van der Waals surface area contributed by atoms with Crippen LogP contribution >= 0.6 is 0 Å². The smallest absolute Gasteiger partial charge is 0.338 e. The van der Waals surface area contributed by atoms with Gasteiger partial charge in [0.1, 0.15) is 0 Å². The zero-order chi connectivity index (χ0) is 21.9. The second kappa shape index (κ2) is 11.9. The molecule has 0 saturated carbocycles. The van der Waals surface area contributed by atoms with Gasteiger partial charge in [0.2, 0.25) is 12.3 Å². The molecule has 2 aliphatic rings. The molecule has 0 aromatic heterocycles. The number of amides is 3. The molecule has 2 saturated heterocycles. The molecule has 2 heterocycles. The number of ether oxygens (including phenoxy) is 2. The van der Waals surface area contributed by atoms with Gasteiger partial charge in [-0.2, -0.15) is 0 Å². The Kier molecular flexibility index (Phi) is 9.27. The third-order valence-electron chi connectivity index (χ3n) is 4.58. The average Bonchev–Trinajstić information content (AvgIpc) is 3.42. The largest absolute Gasteiger partial charge is 0.452 e. The van der Waals surface area contributed by atoms with E-state index in [9.17, 15) is 19.2 Å². The molecule has 9 nitrogen and oxygen atoms in total. The van der Waals surface area contributed by atoms with Crippen LogP contribution in [0.2, 0.25) is 0 Å². The molecule has 0 radical (unpaired) electrons. The molecule has 30 heavy (non-hydrogen) atoms. The van der Waals surface area contributed by atoms with E-state index >= 15 is 0 Å². The second-order valence-corrected chi connectivity index (χ2v) is 7.28. The topological polar surface area (TPSA) is 105 Å². The van der Waals surface area contributed by atoms with Gasteiger partial charge in [0, 0.05) is 45.9 Å². The summed E-state index contributed by atoms with van der Waals surface area (Å²) in [6, 6.07) is 6.65. The van der Waals surface area contributed by atoms with Gasteiger partial charge in [-0.1, -0.05) is 0 Å². The minimum atomic E-state index is -0.563. The molecule has 164 valence electrons. The number of carbonyl (C=O) groups excluding carboxylic acids is 4. The van der Waals surface area contributed by atoms with Crippen molar-refractivity contribution in [3.8, 4) is 0 Å². The number of nitrogens with zero attached hydrogens (tertiary/aromatic N) is 2. The SMILES string of the molecule is CN(C)C=O.O=C(COC(=O)c1ccc(N2CCCC2=O)cc1)NCC1CCCO1. The van der Waals surface area contributed by atoms with Crippen molar-refractivity contribution < 1.29 is 28.7 Å². The number of anilines is 1. The van der Waals surface area contributed by atoms with E-state index in [-0.39, 0.29) is 24.5 Å². The van der Waals surface area contributed by atoms with E-state index in [4.69, 9.17) is 9.47 Å². The van der Waals surface area contributed by atoms with Crippen molar-refractivity contribution in [3.05, 3.63) is 29.8 Å². The molecule has 1 unspecified atom stereocenters. The normalized spacial score (nSPS) is 17.7. The summed E-state index contributed by atoms with van der Waals surface area (Å²) in [5.74, 6) is -0.812. The third-order valence-corrected chi connectivity index (χ3v) is 4.58. The standard InChI is InChI=1S/C18H22N2O5.C3H7NO/c21-16(19-11-15-3-2-10-24-15)12-25-18(23)13-5-7-14(8-6-13)20-9-1-4-17(20)22;1-4(2)3-5/h5-8,15H,1-4,9-12H2,(H,19,21);3H,1-2H3. The summed E-state index contributed by atoms with van der Waals surface area (Å²) in [4.78, 5) is 48.0. The number of benzene rings is 1. The Balaban J connectivity index is 0.000000575. The molecule has 1 aromatic rings. The van der Waals surface area contributed by atoms with Gasteiger partial charge in [-0.15, -0.1) is 0 Å². The van der Waals surface area contributed by atoms with Gasteiger partial charge in [0.05, 0.1) is 11.7 Å². The highest BCUT2D eigenvalue weighted by Crippen LogP contribution is 2.21. The molecule has 0 bridgehead atoms. The van der Waals surface area contributed by atoms with E-state index < -0.39 is 5.97 Å². The number of nitrogens with one attached hydrogen (secondary N) is 1. The summed E-state index contributed by atoms with van der Waals surface area (Å²) >= 11 is 0. The summed E-state index contributed by atoms with van der Waals surface area (Å²) in [5.41, 5.74) is 1.12. The van der Waals surface area contributed by atoms with Crippen LogP contribution in [0.25, 0.3) is 0 Å². The van der Waals surface area contributed by atoms with Gasteiger partial charge in [-0.05, 0) is 43.5 Å². The Hall–Kier alpha value is -2.94. The first-order valence-corrected chi connectivity index (χ1v) is 9.98. The fourth-order valence-corrected chi connectivity index (χ4v) is 3.00. The van der Waals surface area contributed by atoms with Crippen molar-refractivity contribution in [2.45, 2.75) is 31.8 Å². The van der Waals surface area contributed by atoms with Crippen LogP contribution in [0, 0.1) is 0 Å². The highest BCUT2D eigenvalue weighted by atomic mass is 16.5. The van der Waals surface area contributed by atoms with Gasteiger partial charge >= 0.3 is 5.97 Å². The third kappa shape index (κ3) is 7.47. The van der Waals surface area contributed by atoms with E-state index in [1.807, 2.05) is 0 Å². The number of rotatable bonds is 7. The van der Waals surface area contributed by atoms with Gasteiger partial charge in [-0.3, -0.25) is 14.4 Å². The fourth-order valence-electron chi connectivity index (χ4n) is 3.00. The van der Waals surface area contributed by atoms with Crippen LogP contribution in [0.15, 0.2) is 24.3 Å². The molecule has 0 spiro atoms. The van der Waals surface area contributed by atoms with Crippen molar-refractivity contribution in [2.24, 2.45) is 0 Å². The van der Waals surface area contributed by atoms with E-state index in [0.717, 1.165) is 38.0 Å². The van der Waals surface area contributed by atoms with Crippen LogP contribution in [0.3, 0.4) is 0 Å². The molecule has 0 aliphatic carbocycles. The van der Waals surface area contributed by atoms with Crippen LogP contribution in [-0.4, -0.2) is 75.6 Å². The van der Waals surface area contributed by atoms with E-state index in [2.05, 4.69) is 5.32 Å². The molecular formula is C21H29N3O6. The molecule has 2 aliphatic heterocycles. The zero-order valence-corrected chi connectivity index (χ0v) is 17.5. The summed E-state index contributed by atoms with van der Waals surface area (Å²) in [6.07, 6.45) is 4.16. The zero-order valence-electron chi connectivity index (χ0n) is 17.5. The first-order chi connectivity index (χ1) is 14.4. The Morgan fingerprint density at radius 2 is 1.97 bits per heavy atom. The van der Waals surface area contributed by atoms with Crippen LogP contribution in [-0.2, 0) is 23.9 Å². The number of hydrogen-bond acceptors (Lipinski definition) is 6. The lowest BCUT2D eigenvalue weighted by molar-refractivity contribution is -0.124. The van der Waals surface area contributed by atoms with Gasteiger partial charge in [0.15, 0.2) is 6.61 Å². The van der Waals surface area contributed by atoms with Gasteiger partial charge < -0.3 is 24.6 Å². The molecule has 3 amide bonds. The quantitative estimate of drug-likeness (QED) is 0.522. The first kappa shape index (κ1) is 23.3. The van der Waals surface area contributed by atoms with Crippen LogP contribution < -0.4 is 10.2 Å². The summed E-state index contributed by atoms with van der Waals surface area (Å²) in [6.45, 7) is 1.55. The first-order valence-electron chi connectivity index (χ1n) is 9.98. The molecule has 1 atom stereocenters. The molecule has 3 rings (SSSR count). The van der Waals surface area contributed by atoms with Crippen molar-refractivity contribution >= 4 is 29.9 Å². The Morgan fingerprint density at radius 3 is 2.50 bits per heavy atom. The lowest BCUT2D eigenvalue weighted by Crippen LogP contribution is -2.34. The summed E-state index contributed by atoms with van der Waals surface area (Å²) in [7, 11) is 3.38. The summed E-state index contributed by atoms with van der Waals surface area (Å²) in [5, 5.41) is 2.70. The fraction of sp³-hybridized carbons (Fsp3) is 0.524. The maximum Gasteiger partial charge on any atom is 0.338 e.